The highest BCUT2D eigenvalue weighted by molar-refractivity contribution is 9.09. The van der Waals surface area contributed by atoms with E-state index < -0.39 is 86.3 Å². The first-order valence-corrected chi connectivity index (χ1v) is 36.1. The molecule has 558 valence electrons. The second kappa shape index (κ2) is 35.7. The van der Waals surface area contributed by atoms with E-state index in [1.54, 1.807) is 30.3 Å². The van der Waals surface area contributed by atoms with Gasteiger partial charge in [0, 0.05) is 22.8 Å². The Kier molecular flexibility index (Phi) is 27.1. The van der Waals surface area contributed by atoms with Crippen LogP contribution in [0.4, 0.5) is 70.2 Å². The van der Waals surface area contributed by atoms with Crippen LogP contribution in [0.15, 0.2) is 170 Å². The third-order valence-corrected chi connectivity index (χ3v) is 19.9. The van der Waals surface area contributed by atoms with Gasteiger partial charge in [-0.25, -0.2) is 44.3 Å². The van der Waals surface area contributed by atoms with Gasteiger partial charge in [0.25, 0.3) is 0 Å². The van der Waals surface area contributed by atoms with E-state index in [1.165, 1.54) is 81.7 Å². The Morgan fingerprint density at radius 2 is 0.610 bits per heavy atom. The van der Waals surface area contributed by atoms with Gasteiger partial charge >= 0.3 is 17.3 Å². The predicted octanol–water partition coefficient (Wildman–Crippen LogP) is 27.3. The molecule has 0 saturated carbocycles. The van der Waals surface area contributed by atoms with Gasteiger partial charge in [-0.2, -0.15) is 17.6 Å². The average Bonchev–Trinajstić information content (AvgIpc) is 0.799. The number of alkyl halides is 8. The number of benzene rings is 9. The van der Waals surface area contributed by atoms with Crippen LogP contribution >= 0.6 is 15.9 Å². The van der Waals surface area contributed by atoms with Crippen molar-refractivity contribution < 1.29 is 89.2 Å². The minimum absolute atomic E-state index is 0.0160. The van der Waals surface area contributed by atoms with Crippen LogP contribution < -0.4 is 0 Å². The van der Waals surface area contributed by atoms with Crippen LogP contribution in [-0.4, -0.2) is 26.2 Å². The summed E-state index contributed by atoms with van der Waals surface area (Å²) >= 11 is 1.97. The summed E-state index contributed by atoms with van der Waals surface area (Å²) in [5.74, 6) is -8.65. The molecule has 0 amide bonds. The number of ether oxygens (including phenoxy) is 4. The molecule has 105 heavy (non-hydrogen) atoms. The Bertz CT molecular complexity index is 4280. The van der Waals surface area contributed by atoms with Gasteiger partial charge in [-0.1, -0.05) is 168 Å². The molecule has 0 aliphatic carbocycles. The molecule has 9 aromatic rings. The molecule has 12 rings (SSSR count). The fourth-order valence-corrected chi connectivity index (χ4v) is 14.1. The van der Waals surface area contributed by atoms with Gasteiger partial charge in [-0.05, 0) is 213 Å². The van der Waals surface area contributed by atoms with Crippen molar-refractivity contribution in [2.75, 3.05) is 19.8 Å². The van der Waals surface area contributed by atoms with Gasteiger partial charge in [0.1, 0.15) is 63.5 Å². The highest BCUT2D eigenvalue weighted by atomic mass is 79.9. The minimum atomic E-state index is -5.85. The van der Waals surface area contributed by atoms with E-state index in [0.717, 1.165) is 110 Å². The number of unbranched alkanes of at least 4 members (excludes halogenated alkanes) is 3. The molecule has 0 aromatic heterocycles. The van der Waals surface area contributed by atoms with E-state index in [0.29, 0.717) is 70.9 Å². The van der Waals surface area contributed by atoms with Crippen molar-refractivity contribution in [2.45, 2.75) is 153 Å². The standard InChI is InChI=1S/C29H26F8O2.C28H26BrF5O.C27H27F3O/c1-2-3-4-17-5-12-26(38-16-17)19-8-6-18(7-9-19)20-10-11-22(23(30)13-20)21-14-24(31)27(25(32)15-21)28(33,34)39-29(35,36)37;1-2-3-4-17-5-12-26(35-16-17)19-8-6-18(7-9-19)20-10-11-22(23(30)13-20)21-14-24(31)27(25(32)15-21)28(29,33)34;1-2-3-4-18-5-12-27(31-17-18)20-8-6-19(7-9-20)21-10-11-25(26(30)15-21)22-13-23(28)16-24(29)14-22/h6-11,13-15,17,26H,2-5,12,16H2,1H3;6-11,13-15,17,26H,2-5,12,16H2,1H3;6-11,13-16,18,27H,2-5,12,17H2,1H3. The monoisotopic (exact) mass is 1530 g/mol. The summed E-state index contributed by atoms with van der Waals surface area (Å²) < 4.78 is 240. The normalized spacial score (nSPS) is 18.6. The molecule has 0 bridgehead atoms. The van der Waals surface area contributed by atoms with Crippen LogP contribution in [0.2, 0.25) is 0 Å². The largest absolute Gasteiger partial charge is 0.527 e. The topological polar surface area (TPSA) is 36.9 Å². The highest BCUT2D eigenvalue weighted by Crippen LogP contribution is 2.44. The Hall–Kier alpha value is -7.82. The summed E-state index contributed by atoms with van der Waals surface area (Å²) in [6.07, 6.45) is 6.20. The van der Waals surface area contributed by atoms with Crippen molar-refractivity contribution in [1.82, 2.24) is 0 Å². The number of hydrogen-bond acceptors (Lipinski definition) is 4. The Labute approximate surface area is 609 Å². The van der Waals surface area contributed by atoms with Crippen LogP contribution in [0.5, 0.6) is 0 Å². The first kappa shape index (κ1) is 79.7. The van der Waals surface area contributed by atoms with Gasteiger partial charge < -0.3 is 14.2 Å². The summed E-state index contributed by atoms with van der Waals surface area (Å²) in [6, 6.07) is 41.1. The van der Waals surface area contributed by atoms with E-state index in [9.17, 15) is 70.2 Å². The molecule has 6 atom stereocenters. The predicted molar refractivity (Wildman–Crippen MR) is 378 cm³/mol. The molecule has 3 aliphatic rings. The lowest BCUT2D eigenvalue weighted by Gasteiger charge is -2.29. The molecule has 3 fully saturated rings. The quantitative estimate of drug-likeness (QED) is 0.0531. The van der Waals surface area contributed by atoms with Crippen molar-refractivity contribution in [3.63, 3.8) is 0 Å². The molecule has 3 aliphatic heterocycles. The van der Waals surface area contributed by atoms with Crippen molar-refractivity contribution in [1.29, 1.82) is 0 Å². The minimum Gasteiger partial charge on any atom is -0.373 e. The Morgan fingerprint density at radius 1 is 0.333 bits per heavy atom. The van der Waals surface area contributed by atoms with E-state index in [-0.39, 0.29) is 46.1 Å². The van der Waals surface area contributed by atoms with Gasteiger partial charge in [-0.15, -0.1) is 13.2 Å². The van der Waals surface area contributed by atoms with Crippen LogP contribution in [0.1, 0.15) is 163 Å². The second-order valence-electron chi connectivity index (χ2n) is 27.0. The van der Waals surface area contributed by atoms with Gasteiger partial charge in [-0.3, -0.25) is 0 Å². The third kappa shape index (κ3) is 21.1. The summed E-state index contributed by atoms with van der Waals surface area (Å²) in [4.78, 5) is -3.87. The maximum absolute atomic E-state index is 15.0. The molecule has 6 unspecified atom stereocenters. The SMILES string of the molecule is CCCCC1CCC(c2ccc(-c3ccc(-c4cc(F)c(C(F)(F)Br)c(F)c4)c(F)c3)cc2)OC1.CCCCC1CCC(c2ccc(-c3ccc(-c4cc(F)c(C(F)(F)OC(F)(F)F)c(F)c4)c(F)c3)cc2)OC1.CCCCC1CCC(c2ccc(-c3ccc(-c4cc(F)cc(F)c4)c(F)c3)cc2)OC1. The van der Waals surface area contributed by atoms with Crippen LogP contribution in [0, 0.1) is 70.1 Å². The maximum Gasteiger partial charge on any atom is 0.527 e. The van der Waals surface area contributed by atoms with Crippen molar-refractivity contribution in [3.05, 3.63) is 250 Å². The third-order valence-electron chi connectivity index (χ3n) is 19.5. The average molecular weight is 1540 g/mol. The molecule has 0 N–H and O–H groups in total. The smallest absolute Gasteiger partial charge is 0.373 e. The van der Waals surface area contributed by atoms with Gasteiger partial charge in [0.2, 0.25) is 0 Å². The Balaban J connectivity index is 0.000000170. The molecule has 21 heteroatoms. The lowest BCUT2D eigenvalue weighted by molar-refractivity contribution is -0.432. The molecular weight excluding hydrogens is 1460 g/mol. The number of hydrogen-bond donors (Lipinski definition) is 0. The van der Waals surface area contributed by atoms with Crippen LogP contribution in [0.25, 0.3) is 66.8 Å². The fourth-order valence-electron chi connectivity index (χ4n) is 13.7. The summed E-state index contributed by atoms with van der Waals surface area (Å²) in [5.41, 5.74) is 3.00. The summed E-state index contributed by atoms with van der Waals surface area (Å²) in [7, 11) is 0. The van der Waals surface area contributed by atoms with E-state index in [1.807, 2.05) is 76.6 Å². The summed E-state index contributed by atoms with van der Waals surface area (Å²) in [6.45, 7) is 8.88. The zero-order valence-corrected chi connectivity index (χ0v) is 59.5. The first-order valence-electron chi connectivity index (χ1n) is 35.3. The molecule has 4 nitrogen and oxygen atoms in total. The van der Waals surface area contributed by atoms with E-state index >= 15 is 0 Å². The molecule has 0 spiro atoms. The fraction of sp³-hybridized carbons (Fsp3) is 0.357. The molecular formula is C84H79BrF16O4. The number of rotatable bonds is 21. The van der Waals surface area contributed by atoms with Crippen molar-refractivity contribution in [3.8, 4) is 66.8 Å². The number of halogens is 17. The van der Waals surface area contributed by atoms with Crippen molar-refractivity contribution >= 4 is 15.9 Å². The highest BCUT2D eigenvalue weighted by Gasteiger charge is 2.50. The van der Waals surface area contributed by atoms with Gasteiger partial charge in [0.15, 0.2) is 0 Å². The zero-order valence-electron chi connectivity index (χ0n) is 57.9. The molecule has 0 radical (unpaired) electrons. The maximum atomic E-state index is 15.0. The van der Waals surface area contributed by atoms with E-state index in [2.05, 4.69) is 25.5 Å². The lowest BCUT2D eigenvalue weighted by atomic mass is 9.90. The molecule has 3 heterocycles. The molecule has 3 saturated heterocycles. The van der Waals surface area contributed by atoms with E-state index in [4.69, 9.17) is 14.2 Å². The van der Waals surface area contributed by atoms with Crippen LogP contribution in [-0.2, 0) is 29.9 Å². The van der Waals surface area contributed by atoms with Crippen LogP contribution in [0.3, 0.4) is 0 Å². The van der Waals surface area contributed by atoms with Crippen molar-refractivity contribution in [2.24, 2.45) is 17.8 Å². The lowest BCUT2D eigenvalue weighted by Crippen LogP contribution is -2.29. The zero-order chi connectivity index (χ0) is 75.3. The first-order chi connectivity index (χ1) is 50.1. The summed E-state index contributed by atoms with van der Waals surface area (Å²) in [5, 5.41) is 0. The molecule has 9 aromatic carbocycles. The Morgan fingerprint density at radius 3 is 0.867 bits per heavy atom. The van der Waals surface area contributed by atoms with Gasteiger partial charge in [0.05, 0.1) is 38.1 Å². The second-order valence-corrected chi connectivity index (χ2v) is 28.0.